The maximum atomic E-state index is 8.60. The van der Waals surface area contributed by atoms with Gasteiger partial charge in [0.1, 0.15) is 0 Å². The minimum absolute atomic E-state index is 0.343. The summed E-state index contributed by atoms with van der Waals surface area (Å²) in [6.07, 6.45) is 5.90. The first-order valence-electron chi connectivity index (χ1n) is 5.01. The van der Waals surface area contributed by atoms with E-state index in [1.165, 1.54) is 19.3 Å². The van der Waals surface area contributed by atoms with Crippen molar-refractivity contribution in [2.45, 2.75) is 39.0 Å². The van der Waals surface area contributed by atoms with Crippen molar-refractivity contribution in [2.24, 2.45) is 5.41 Å². The van der Waals surface area contributed by atoms with Crippen LogP contribution in [0.2, 0.25) is 0 Å². The number of hydrogen-bond donors (Lipinski definition) is 1. The number of rotatable bonds is 6. The lowest BCUT2D eigenvalue weighted by Gasteiger charge is -2.41. The summed E-state index contributed by atoms with van der Waals surface area (Å²) < 4.78 is 5.24. The highest BCUT2D eigenvalue weighted by atomic mass is 16.5. The van der Waals surface area contributed by atoms with E-state index in [1.54, 1.807) is 0 Å². The van der Waals surface area contributed by atoms with Crippen LogP contribution in [0.5, 0.6) is 0 Å². The maximum Gasteiger partial charge on any atom is 0.0544 e. The summed E-state index contributed by atoms with van der Waals surface area (Å²) in [6.45, 7) is 4.51. The predicted molar refractivity (Wildman–Crippen MR) is 49.1 cm³/mol. The van der Waals surface area contributed by atoms with Gasteiger partial charge in [-0.2, -0.15) is 0 Å². The monoisotopic (exact) mass is 172 g/mol. The Hall–Kier alpha value is -0.0800. The van der Waals surface area contributed by atoms with Crippen molar-refractivity contribution in [3.05, 3.63) is 0 Å². The van der Waals surface area contributed by atoms with Crippen molar-refractivity contribution in [1.29, 1.82) is 0 Å². The molecule has 0 radical (unpaired) electrons. The number of unbranched alkanes of at least 4 members (excludes halogenated alkanes) is 2. The summed E-state index contributed by atoms with van der Waals surface area (Å²) in [6, 6.07) is 0. The van der Waals surface area contributed by atoms with Crippen LogP contribution < -0.4 is 0 Å². The van der Waals surface area contributed by atoms with E-state index in [1.807, 2.05) is 0 Å². The molecule has 1 aliphatic heterocycles. The highest BCUT2D eigenvalue weighted by Crippen LogP contribution is 2.36. The Morgan fingerprint density at radius 1 is 1.25 bits per heavy atom. The Morgan fingerprint density at radius 3 is 2.42 bits per heavy atom. The van der Waals surface area contributed by atoms with Crippen molar-refractivity contribution in [1.82, 2.24) is 0 Å². The summed E-state index contributed by atoms with van der Waals surface area (Å²) >= 11 is 0. The fraction of sp³-hybridized carbons (Fsp3) is 1.00. The second kappa shape index (κ2) is 4.83. The van der Waals surface area contributed by atoms with E-state index in [9.17, 15) is 0 Å². The first-order chi connectivity index (χ1) is 5.83. The second-order valence-electron chi connectivity index (χ2n) is 3.88. The topological polar surface area (TPSA) is 29.5 Å². The molecule has 1 fully saturated rings. The average molecular weight is 172 g/mol. The average Bonchev–Trinajstić information content (AvgIpc) is 2.02. The largest absolute Gasteiger partial charge is 0.396 e. The normalized spacial score (nSPS) is 20.5. The molecule has 0 saturated carbocycles. The zero-order valence-corrected chi connectivity index (χ0v) is 8.01. The third kappa shape index (κ3) is 2.46. The van der Waals surface area contributed by atoms with Gasteiger partial charge in [-0.1, -0.05) is 19.8 Å². The van der Waals surface area contributed by atoms with Gasteiger partial charge in [-0.3, -0.25) is 0 Å². The molecule has 2 heteroatoms. The van der Waals surface area contributed by atoms with E-state index in [4.69, 9.17) is 9.84 Å². The van der Waals surface area contributed by atoms with Crippen LogP contribution in [-0.2, 0) is 4.74 Å². The Balaban J connectivity index is 2.04. The second-order valence-corrected chi connectivity index (χ2v) is 3.88. The van der Waals surface area contributed by atoms with Gasteiger partial charge in [0.2, 0.25) is 0 Å². The summed E-state index contributed by atoms with van der Waals surface area (Å²) in [7, 11) is 0. The fourth-order valence-electron chi connectivity index (χ4n) is 1.70. The number of ether oxygens (including phenoxy) is 1. The third-order valence-electron chi connectivity index (χ3n) is 2.93. The lowest BCUT2D eigenvalue weighted by Crippen LogP contribution is -2.41. The molecule has 1 rings (SSSR count). The molecule has 2 nitrogen and oxygen atoms in total. The first-order valence-corrected chi connectivity index (χ1v) is 5.01. The lowest BCUT2D eigenvalue weighted by molar-refractivity contribution is -0.120. The highest BCUT2D eigenvalue weighted by Gasteiger charge is 2.35. The van der Waals surface area contributed by atoms with Crippen LogP contribution in [0.1, 0.15) is 39.0 Å². The first kappa shape index (κ1) is 10.0. The fourth-order valence-corrected chi connectivity index (χ4v) is 1.70. The van der Waals surface area contributed by atoms with Gasteiger partial charge in [-0.25, -0.2) is 0 Å². The SMILES string of the molecule is CCC1(CCCCCO)COC1. The van der Waals surface area contributed by atoms with E-state index in [0.29, 0.717) is 12.0 Å². The van der Waals surface area contributed by atoms with E-state index < -0.39 is 0 Å². The molecular formula is C10H20O2. The van der Waals surface area contributed by atoms with Gasteiger partial charge >= 0.3 is 0 Å². The zero-order chi connectivity index (χ0) is 8.86. The van der Waals surface area contributed by atoms with Crippen LogP contribution in [-0.4, -0.2) is 24.9 Å². The standard InChI is InChI=1S/C10H20O2/c1-2-10(8-12-9-10)6-4-3-5-7-11/h11H,2-9H2,1H3. The molecular weight excluding hydrogens is 152 g/mol. The molecule has 1 aliphatic rings. The van der Waals surface area contributed by atoms with Gasteiger partial charge in [0.05, 0.1) is 13.2 Å². The van der Waals surface area contributed by atoms with Gasteiger partial charge in [0.15, 0.2) is 0 Å². The molecule has 0 atom stereocenters. The van der Waals surface area contributed by atoms with Crippen LogP contribution in [0, 0.1) is 5.41 Å². The Morgan fingerprint density at radius 2 is 2.00 bits per heavy atom. The summed E-state index contributed by atoms with van der Waals surface area (Å²) in [5.41, 5.74) is 0.509. The molecule has 1 N–H and O–H groups in total. The van der Waals surface area contributed by atoms with Gasteiger partial charge in [0.25, 0.3) is 0 Å². The third-order valence-corrected chi connectivity index (χ3v) is 2.93. The molecule has 72 valence electrons. The zero-order valence-electron chi connectivity index (χ0n) is 8.01. The quantitative estimate of drug-likeness (QED) is 0.621. The van der Waals surface area contributed by atoms with Crippen LogP contribution in [0.4, 0.5) is 0 Å². The van der Waals surface area contributed by atoms with Crippen molar-refractivity contribution in [3.63, 3.8) is 0 Å². The summed E-state index contributed by atoms with van der Waals surface area (Å²) in [4.78, 5) is 0. The van der Waals surface area contributed by atoms with E-state index >= 15 is 0 Å². The summed E-state index contributed by atoms with van der Waals surface area (Å²) in [5.74, 6) is 0. The van der Waals surface area contributed by atoms with Gasteiger partial charge in [-0.15, -0.1) is 0 Å². The molecule has 0 bridgehead atoms. The Labute approximate surface area is 74.9 Å². The Bertz CT molecular complexity index is 113. The molecule has 1 heterocycles. The minimum atomic E-state index is 0.343. The van der Waals surface area contributed by atoms with Gasteiger partial charge < -0.3 is 9.84 Å². The molecule has 0 aliphatic carbocycles. The number of aliphatic hydroxyl groups is 1. The van der Waals surface area contributed by atoms with E-state index in [0.717, 1.165) is 26.1 Å². The molecule has 0 spiro atoms. The molecule has 0 aromatic heterocycles. The molecule has 12 heavy (non-hydrogen) atoms. The van der Waals surface area contributed by atoms with Crippen molar-refractivity contribution in [3.8, 4) is 0 Å². The number of hydrogen-bond acceptors (Lipinski definition) is 2. The Kier molecular flexibility index (Phi) is 4.02. The highest BCUT2D eigenvalue weighted by molar-refractivity contribution is 4.83. The van der Waals surface area contributed by atoms with Gasteiger partial charge in [-0.05, 0) is 19.3 Å². The predicted octanol–water partition coefficient (Wildman–Crippen LogP) is 1.97. The molecule has 0 unspecified atom stereocenters. The van der Waals surface area contributed by atoms with Crippen molar-refractivity contribution in [2.75, 3.05) is 19.8 Å². The molecule has 1 saturated heterocycles. The van der Waals surface area contributed by atoms with Crippen LogP contribution in [0.15, 0.2) is 0 Å². The van der Waals surface area contributed by atoms with Crippen LogP contribution >= 0.6 is 0 Å². The van der Waals surface area contributed by atoms with E-state index in [-0.39, 0.29) is 0 Å². The number of aliphatic hydroxyl groups excluding tert-OH is 1. The smallest absolute Gasteiger partial charge is 0.0544 e. The van der Waals surface area contributed by atoms with Crippen molar-refractivity contribution >= 4 is 0 Å². The lowest BCUT2D eigenvalue weighted by atomic mass is 9.78. The van der Waals surface area contributed by atoms with Gasteiger partial charge in [0, 0.05) is 12.0 Å². The van der Waals surface area contributed by atoms with E-state index in [2.05, 4.69) is 6.92 Å². The molecule has 0 aromatic carbocycles. The minimum Gasteiger partial charge on any atom is -0.396 e. The van der Waals surface area contributed by atoms with Crippen LogP contribution in [0.3, 0.4) is 0 Å². The molecule has 0 amide bonds. The van der Waals surface area contributed by atoms with Crippen molar-refractivity contribution < 1.29 is 9.84 Å². The molecule has 0 aromatic rings. The maximum absolute atomic E-state index is 8.60. The van der Waals surface area contributed by atoms with Crippen LogP contribution in [0.25, 0.3) is 0 Å². The summed E-state index contributed by atoms with van der Waals surface area (Å²) in [5, 5.41) is 8.60.